The third kappa shape index (κ3) is 4.04. The van der Waals surface area contributed by atoms with E-state index in [2.05, 4.69) is 5.32 Å². The van der Waals surface area contributed by atoms with Crippen LogP contribution in [0.3, 0.4) is 0 Å². The lowest BCUT2D eigenvalue weighted by Crippen LogP contribution is -2.42. The van der Waals surface area contributed by atoms with Crippen molar-refractivity contribution in [3.63, 3.8) is 0 Å². The molecule has 2 atom stereocenters. The number of aliphatic carboxylic acids is 1. The van der Waals surface area contributed by atoms with E-state index < -0.39 is 5.97 Å². The topological polar surface area (TPSA) is 86.7 Å². The maximum Gasteiger partial charge on any atom is 0.306 e. The van der Waals surface area contributed by atoms with Gasteiger partial charge >= 0.3 is 5.97 Å². The van der Waals surface area contributed by atoms with Gasteiger partial charge in [0.2, 0.25) is 5.91 Å². The Morgan fingerprint density at radius 3 is 2.76 bits per heavy atom. The first-order valence-corrected chi connectivity index (χ1v) is 7.66. The fourth-order valence-corrected chi connectivity index (χ4v) is 3.20. The standard InChI is InChI=1S/C14H18N2O4S/c1-16(13(18)11-3-2-6-21-11)8-12(17)15-10-5-4-9(7-10)14(19)20/h2-3,6,9-10H,4-5,7-8H2,1H3,(H,15,17)(H,19,20)/t9-,10+/m1/s1. The van der Waals surface area contributed by atoms with Crippen molar-refractivity contribution in [2.24, 2.45) is 5.92 Å². The summed E-state index contributed by atoms with van der Waals surface area (Å²) in [4.78, 5) is 36.7. The van der Waals surface area contributed by atoms with Crippen molar-refractivity contribution in [3.05, 3.63) is 22.4 Å². The average Bonchev–Trinajstić information content (AvgIpc) is 3.08. The molecule has 0 bridgehead atoms. The number of hydrogen-bond donors (Lipinski definition) is 2. The maximum atomic E-state index is 12.0. The lowest BCUT2D eigenvalue weighted by Gasteiger charge is -2.18. The van der Waals surface area contributed by atoms with Crippen molar-refractivity contribution in [2.45, 2.75) is 25.3 Å². The van der Waals surface area contributed by atoms with E-state index in [1.807, 2.05) is 5.38 Å². The van der Waals surface area contributed by atoms with Crippen LogP contribution in [0.15, 0.2) is 17.5 Å². The number of carboxylic acids is 1. The SMILES string of the molecule is CN(CC(=O)N[C@H]1CC[C@@H](C(=O)O)C1)C(=O)c1cccs1. The van der Waals surface area contributed by atoms with Crippen molar-refractivity contribution >= 4 is 29.1 Å². The summed E-state index contributed by atoms with van der Waals surface area (Å²) in [7, 11) is 1.58. The molecule has 2 rings (SSSR count). The maximum absolute atomic E-state index is 12.0. The Labute approximate surface area is 126 Å². The Kier molecular flexibility index (Phi) is 4.95. The van der Waals surface area contributed by atoms with Crippen LogP contribution in [-0.2, 0) is 9.59 Å². The number of likely N-dealkylation sites (N-methyl/N-ethyl adjacent to an activating group) is 1. The van der Waals surface area contributed by atoms with Crippen LogP contribution in [0.5, 0.6) is 0 Å². The summed E-state index contributed by atoms with van der Waals surface area (Å²) in [5, 5.41) is 13.5. The highest BCUT2D eigenvalue weighted by molar-refractivity contribution is 7.12. The van der Waals surface area contributed by atoms with Gasteiger partial charge in [-0.1, -0.05) is 6.07 Å². The van der Waals surface area contributed by atoms with Crippen LogP contribution in [0.2, 0.25) is 0 Å². The fourth-order valence-electron chi connectivity index (χ4n) is 2.49. The molecule has 0 aromatic carbocycles. The second kappa shape index (κ2) is 6.71. The van der Waals surface area contributed by atoms with Crippen molar-refractivity contribution < 1.29 is 19.5 Å². The van der Waals surface area contributed by atoms with Gasteiger partial charge in [0.05, 0.1) is 17.3 Å². The number of rotatable bonds is 5. The van der Waals surface area contributed by atoms with Crippen LogP contribution in [0.1, 0.15) is 28.9 Å². The molecule has 114 valence electrons. The van der Waals surface area contributed by atoms with Crippen LogP contribution in [0.25, 0.3) is 0 Å². The van der Waals surface area contributed by atoms with E-state index in [0.29, 0.717) is 24.1 Å². The highest BCUT2D eigenvalue weighted by Gasteiger charge is 2.30. The van der Waals surface area contributed by atoms with Gasteiger partial charge in [0.1, 0.15) is 0 Å². The van der Waals surface area contributed by atoms with Crippen molar-refractivity contribution in [1.82, 2.24) is 10.2 Å². The van der Waals surface area contributed by atoms with E-state index in [1.165, 1.54) is 16.2 Å². The predicted molar refractivity (Wildman–Crippen MR) is 78.2 cm³/mol. The number of carbonyl (C=O) groups excluding carboxylic acids is 2. The minimum atomic E-state index is -0.809. The van der Waals surface area contributed by atoms with Gasteiger partial charge in [0, 0.05) is 13.1 Å². The molecule has 1 aliphatic rings. The van der Waals surface area contributed by atoms with Crippen LogP contribution >= 0.6 is 11.3 Å². The average molecular weight is 310 g/mol. The van der Waals surface area contributed by atoms with Crippen LogP contribution in [-0.4, -0.2) is 47.4 Å². The zero-order valence-corrected chi connectivity index (χ0v) is 12.6. The van der Waals surface area contributed by atoms with Gasteiger partial charge in [0.25, 0.3) is 5.91 Å². The lowest BCUT2D eigenvalue weighted by atomic mass is 10.1. The van der Waals surface area contributed by atoms with E-state index in [1.54, 1.807) is 19.2 Å². The quantitative estimate of drug-likeness (QED) is 0.855. The largest absolute Gasteiger partial charge is 0.481 e. The van der Waals surface area contributed by atoms with Crippen LogP contribution < -0.4 is 5.32 Å². The number of nitrogens with one attached hydrogen (secondary N) is 1. The van der Waals surface area contributed by atoms with Crippen LogP contribution in [0.4, 0.5) is 0 Å². The molecule has 1 aromatic rings. The molecule has 0 radical (unpaired) electrons. The van der Waals surface area contributed by atoms with Gasteiger partial charge < -0.3 is 15.3 Å². The van der Waals surface area contributed by atoms with Crippen molar-refractivity contribution in [2.75, 3.05) is 13.6 Å². The highest BCUT2D eigenvalue weighted by atomic mass is 32.1. The minimum absolute atomic E-state index is 0.0228. The molecule has 21 heavy (non-hydrogen) atoms. The molecule has 7 heteroatoms. The molecule has 0 spiro atoms. The molecule has 1 aliphatic carbocycles. The van der Waals surface area contributed by atoms with Gasteiger partial charge in [-0.3, -0.25) is 14.4 Å². The van der Waals surface area contributed by atoms with E-state index in [0.717, 1.165) is 0 Å². The second-order valence-electron chi connectivity index (χ2n) is 5.25. The van der Waals surface area contributed by atoms with Gasteiger partial charge in [0.15, 0.2) is 0 Å². The normalized spacial score (nSPS) is 21.0. The van der Waals surface area contributed by atoms with Gasteiger partial charge in [-0.25, -0.2) is 0 Å². The first-order valence-electron chi connectivity index (χ1n) is 6.78. The zero-order valence-electron chi connectivity index (χ0n) is 11.7. The van der Waals surface area contributed by atoms with E-state index in [4.69, 9.17) is 5.11 Å². The van der Waals surface area contributed by atoms with E-state index in [-0.39, 0.29) is 30.3 Å². The highest BCUT2D eigenvalue weighted by Crippen LogP contribution is 2.25. The van der Waals surface area contributed by atoms with Crippen LogP contribution in [0, 0.1) is 5.92 Å². The Morgan fingerprint density at radius 1 is 1.43 bits per heavy atom. The molecular weight excluding hydrogens is 292 g/mol. The van der Waals surface area contributed by atoms with Gasteiger partial charge in [-0.15, -0.1) is 11.3 Å². The summed E-state index contributed by atoms with van der Waals surface area (Å²) in [5.74, 6) is -1.62. The number of nitrogens with zero attached hydrogens (tertiary/aromatic N) is 1. The van der Waals surface area contributed by atoms with Crippen molar-refractivity contribution in [3.8, 4) is 0 Å². The molecule has 2 N–H and O–H groups in total. The number of carbonyl (C=O) groups is 3. The predicted octanol–water partition coefficient (Wildman–Crippen LogP) is 1.19. The molecular formula is C14H18N2O4S. The summed E-state index contributed by atoms with van der Waals surface area (Å²) in [5.41, 5.74) is 0. The van der Waals surface area contributed by atoms with E-state index >= 15 is 0 Å². The van der Waals surface area contributed by atoms with Gasteiger partial charge in [-0.2, -0.15) is 0 Å². The monoisotopic (exact) mass is 310 g/mol. The second-order valence-corrected chi connectivity index (χ2v) is 6.20. The minimum Gasteiger partial charge on any atom is -0.481 e. The van der Waals surface area contributed by atoms with Crippen molar-refractivity contribution in [1.29, 1.82) is 0 Å². The third-order valence-electron chi connectivity index (χ3n) is 3.61. The summed E-state index contributed by atoms with van der Waals surface area (Å²) in [6.07, 6.45) is 1.72. The number of hydrogen-bond acceptors (Lipinski definition) is 4. The zero-order chi connectivity index (χ0) is 15.4. The molecule has 6 nitrogen and oxygen atoms in total. The molecule has 1 aromatic heterocycles. The Balaban J connectivity index is 1.80. The Hall–Kier alpha value is -1.89. The lowest BCUT2D eigenvalue weighted by molar-refractivity contribution is -0.141. The first-order chi connectivity index (χ1) is 9.97. The fraction of sp³-hybridized carbons (Fsp3) is 0.500. The first kappa shape index (κ1) is 15.5. The van der Waals surface area contributed by atoms with Gasteiger partial charge in [-0.05, 0) is 30.7 Å². The molecule has 2 amide bonds. The summed E-state index contributed by atoms with van der Waals surface area (Å²) in [6, 6.07) is 3.40. The molecule has 0 saturated heterocycles. The number of thiophene rings is 1. The summed E-state index contributed by atoms with van der Waals surface area (Å²) in [6.45, 7) is -0.0228. The molecule has 1 fully saturated rings. The molecule has 1 heterocycles. The molecule has 1 saturated carbocycles. The number of amides is 2. The number of carboxylic acid groups (broad SMARTS) is 1. The summed E-state index contributed by atoms with van der Waals surface area (Å²) < 4.78 is 0. The molecule has 0 aliphatic heterocycles. The summed E-state index contributed by atoms with van der Waals surface area (Å²) >= 11 is 1.33. The molecule has 0 unspecified atom stereocenters. The third-order valence-corrected chi connectivity index (χ3v) is 4.46. The smallest absolute Gasteiger partial charge is 0.306 e. The Morgan fingerprint density at radius 2 is 2.19 bits per heavy atom. The van der Waals surface area contributed by atoms with E-state index in [9.17, 15) is 14.4 Å². The Bertz CT molecular complexity index is 529.